The fourth-order valence-corrected chi connectivity index (χ4v) is 4.29. The maximum atomic E-state index is 11.8. The molecule has 3 rings (SSSR count). The van der Waals surface area contributed by atoms with Gasteiger partial charge in [-0.3, -0.25) is 19.4 Å². The molecule has 0 amide bonds. The quantitative estimate of drug-likeness (QED) is 0.484. The van der Waals surface area contributed by atoms with E-state index in [1.54, 1.807) is 30.6 Å². The van der Waals surface area contributed by atoms with Crippen LogP contribution in [0.4, 0.5) is 0 Å². The zero-order valence-corrected chi connectivity index (χ0v) is 18.0. The Kier molecular flexibility index (Phi) is 7.45. The first kappa shape index (κ1) is 22.5. The molecule has 0 saturated carbocycles. The Morgan fingerprint density at radius 1 is 0.935 bits per heavy atom. The first-order valence-electron chi connectivity index (χ1n) is 9.51. The van der Waals surface area contributed by atoms with Crippen molar-refractivity contribution in [2.75, 3.05) is 5.75 Å². The molecule has 1 fully saturated rings. The zero-order valence-electron chi connectivity index (χ0n) is 17.2. The number of hydrogen-bond acceptors (Lipinski definition) is 10. The van der Waals surface area contributed by atoms with E-state index in [0.29, 0.717) is 11.6 Å². The summed E-state index contributed by atoms with van der Waals surface area (Å²) >= 11 is 1.27. The number of hydrogen-bond donors (Lipinski definition) is 0. The first-order chi connectivity index (χ1) is 14.8. The maximum absolute atomic E-state index is 11.8. The number of nitrogens with zero attached hydrogens (tertiary/aromatic N) is 2. The van der Waals surface area contributed by atoms with Crippen LogP contribution < -0.4 is 4.74 Å². The van der Waals surface area contributed by atoms with Gasteiger partial charge in [-0.15, -0.1) is 11.8 Å². The van der Waals surface area contributed by atoms with E-state index < -0.39 is 41.7 Å². The number of esters is 3. The molecule has 3 heterocycles. The molecule has 1 saturated heterocycles. The highest BCUT2D eigenvalue weighted by Crippen LogP contribution is 2.34. The van der Waals surface area contributed by atoms with Crippen LogP contribution in [0.2, 0.25) is 0 Å². The Morgan fingerprint density at radius 3 is 2.29 bits per heavy atom. The van der Waals surface area contributed by atoms with Crippen molar-refractivity contribution in [2.45, 2.75) is 44.5 Å². The molecule has 0 aliphatic carbocycles. The largest absolute Gasteiger partial charge is 0.459 e. The third-order valence-electron chi connectivity index (χ3n) is 4.22. The molecule has 9 nitrogen and oxygen atoms in total. The molecule has 0 bridgehead atoms. The van der Waals surface area contributed by atoms with Gasteiger partial charge in [-0.1, -0.05) is 6.07 Å². The van der Waals surface area contributed by atoms with Gasteiger partial charge in [0.25, 0.3) is 0 Å². The second-order valence-corrected chi connectivity index (χ2v) is 7.85. The summed E-state index contributed by atoms with van der Waals surface area (Å²) in [6.45, 7) is 3.72. The van der Waals surface area contributed by atoms with Gasteiger partial charge in [-0.2, -0.15) is 0 Å². The van der Waals surface area contributed by atoms with Gasteiger partial charge >= 0.3 is 17.9 Å². The molecule has 1 aliphatic heterocycles. The molecule has 0 radical (unpaired) electrons. The maximum Gasteiger partial charge on any atom is 0.303 e. The summed E-state index contributed by atoms with van der Waals surface area (Å²) in [5.74, 6) is -1.14. The van der Waals surface area contributed by atoms with Crippen molar-refractivity contribution in [1.29, 1.82) is 0 Å². The monoisotopic (exact) mass is 446 g/mol. The van der Waals surface area contributed by atoms with Gasteiger partial charge in [0.05, 0.1) is 5.69 Å². The van der Waals surface area contributed by atoms with E-state index in [1.165, 1.54) is 32.5 Å². The number of thioether (sulfide) groups is 1. The van der Waals surface area contributed by atoms with Gasteiger partial charge in [-0.25, -0.2) is 4.98 Å². The van der Waals surface area contributed by atoms with E-state index in [9.17, 15) is 14.4 Å². The molecule has 2 aromatic heterocycles. The van der Waals surface area contributed by atoms with Crippen LogP contribution in [0, 0.1) is 0 Å². The van der Waals surface area contributed by atoms with Gasteiger partial charge < -0.3 is 18.9 Å². The molecule has 0 spiro atoms. The Hall–Kier alpha value is -3.14. The van der Waals surface area contributed by atoms with Crippen molar-refractivity contribution in [3.63, 3.8) is 0 Å². The van der Waals surface area contributed by atoms with Crippen LogP contribution in [0.15, 0.2) is 42.7 Å². The molecular formula is C21H22N2O7S. The topological polar surface area (TPSA) is 114 Å². The summed E-state index contributed by atoms with van der Waals surface area (Å²) in [5.41, 5.74) is 0.731. The van der Waals surface area contributed by atoms with Crippen LogP contribution in [0.3, 0.4) is 0 Å². The summed E-state index contributed by atoms with van der Waals surface area (Å²) in [7, 11) is 0. The molecule has 0 aromatic carbocycles. The summed E-state index contributed by atoms with van der Waals surface area (Å²) < 4.78 is 22.1. The van der Waals surface area contributed by atoms with Crippen molar-refractivity contribution in [3.05, 3.63) is 42.7 Å². The van der Waals surface area contributed by atoms with E-state index >= 15 is 0 Å². The molecular weight excluding hydrogens is 424 g/mol. The first-order valence-corrected chi connectivity index (χ1v) is 10.6. The van der Waals surface area contributed by atoms with Crippen molar-refractivity contribution in [2.24, 2.45) is 0 Å². The average Bonchev–Trinajstić information content (AvgIpc) is 2.72. The van der Waals surface area contributed by atoms with E-state index in [2.05, 4.69) is 9.97 Å². The highest BCUT2D eigenvalue weighted by molar-refractivity contribution is 7.99. The fraction of sp³-hybridized carbons (Fsp3) is 0.381. The van der Waals surface area contributed by atoms with Crippen molar-refractivity contribution in [1.82, 2.24) is 9.97 Å². The second kappa shape index (κ2) is 10.3. The lowest BCUT2D eigenvalue weighted by Gasteiger charge is -2.39. The van der Waals surface area contributed by atoms with E-state index in [0.717, 1.165) is 5.56 Å². The van der Waals surface area contributed by atoms with Crippen molar-refractivity contribution in [3.8, 4) is 17.1 Å². The molecule has 4 atom stereocenters. The van der Waals surface area contributed by atoms with E-state index in [4.69, 9.17) is 18.9 Å². The summed E-state index contributed by atoms with van der Waals surface area (Å²) in [6.07, 6.45) is 0.543. The van der Waals surface area contributed by atoms with E-state index in [1.807, 2.05) is 12.1 Å². The average molecular weight is 446 g/mol. The number of carbonyl (C=O) groups excluding carboxylic acids is 3. The SMILES string of the molecule is CC(=O)O[C@@H]1[C@@H](OC(C)=O)[C@H](OC(C)=O)CS[C@H]1Oc1cccc(-c2cccnc2)n1. The molecule has 10 heteroatoms. The molecule has 31 heavy (non-hydrogen) atoms. The predicted molar refractivity (Wildman–Crippen MR) is 111 cm³/mol. The van der Waals surface area contributed by atoms with E-state index in [-0.39, 0.29) is 5.75 Å². The van der Waals surface area contributed by atoms with Crippen LogP contribution in [-0.4, -0.2) is 57.4 Å². The van der Waals surface area contributed by atoms with Gasteiger partial charge in [-0.05, 0) is 18.2 Å². The van der Waals surface area contributed by atoms with Gasteiger partial charge in [0, 0.05) is 50.5 Å². The highest BCUT2D eigenvalue weighted by Gasteiger charge is 2.47. The van der Waals surface area contributed by atoms with Crippen molar-refractivity contribution >= 4 is 29.7 Å². The number of aromatic nitrogens is 2. The summed E-state index contributed by atoms with van der Waals surface area (Å²) in [6, 6.07) is 8.95. The summed E-state index contributed by atoms with van der Waals surface area (Å²) in [4.78, 5) is 43.5. The van der Waals surface area contributed by atoms with Crippen LogP contribution in [0.25, 0.3) is 11.3 Å². The highest BCUT2D eigenvalue weighted by atomic mass is 32.2. The van der Waals surface area contributed by atoms with Crippen LogP contribution in [0.1, 0.15) is 20.8 Å². The second-order valence-electron chi connectivity index (χ2n) is 6.72. The lowest BCUT2D eigenvalue weighted by molar-refractivity contribution is -0.186. The Balaban J connectivity index is 1.86. The molecule has 1 aliphatic rings. The number of carbonyl (C=O) groups is 3. The van der Waals surface area contributed by atoms with Gasteiger partial charge in [0.2, 0.25) is 5.88 Å². The Labute approximate surface area is 183 Å². The molecule has 0 N–H and O–H groups in total. The van der Waals surface area contributed by atoms with Crippen LogP contribution >= 0.6 is 11.8 Å². The lowest BCUT2D eigenvalue weighted by atomic mass is 10.1. The Morgan fingerprint density at radius 2 is 1.65 bits per heavy atom. The molecule has 2 aromatic rings. The van der Waals surface area contributed by atoms with Crippen molar-refractivity contribution < 1.29 is 33.3 Å². The smallest absolute Gasteiger partial charge is 0.303 e. The third kappa shape index (κ3) is 6.17. The predicted octanol–water partition coefficient (Wildman–Crippen LogP) is 2.39. The van der Waals surface area contributed by atoms with Gasteiger partial charge in [0.1, 0.15) is 0 Å². The molecule has 0 unspecified atom stereocenters. The molecule has 164 valence electrons. The Bertz CT molecular complexity index is 940. The van der Waals surface area contributed by atoms with Crippen LogP contribution in [0.5, 0.6) is 5.88 Å². The normalized spacial score (nSPS) is 22.8. The number of pyridine rings is 2. The minimum absolute atomic E-state index is 0.280. The minimum atomic E-state index is -1.02. The minimum Gasteiger partial charge on any atom is -0.459 e. The fourth-order valence-electron chi connectivity index (χ4n) is 3.08. The van der Waals surface area contributed by atoms with Crippen LogP contribution in [-0.2, 0) is 28.6 Å². The zero-order chi connectivity index (χ0) is 22.4. The number of ether oxygens (including phenoxy) is 4. The standard InChI is InChI=1S/C21H22N2O7S/c1-12(24)27-17-11-31-21(20(29-14(3)26)19(17)28-13(2)25)30-18-8-4-7-16(23-18)15-6-5-9-22-10-15/h4-10,17,19-21H,11H2,1-3H3/t17-,19+,20-,21-/m1/s1. The number of rotatable bonds is 6. The third-order valence-corrected chi connectivity index (χ3v) is 5.44. The summed E-state index contributed by atoms with van der Waals surface area (Å²) in [5, 5.41) is 0. The lowest BCUT2D eigenvalue weighted by Crippen LogP contribution is -2.55. The van der Waals surface area contributed by atoms with Gasteiger partial charge in [0.15, 0.2) is 23.7 Å².